The standard InChI is InChI=1S/C20H12Cl3FN4O3S/c1-32(30,31)27-20(29)13-7-15(22)17(8-16(13)24)28-19-14(18(23)26-28)6-11(9-25-19)10-2-4-12(21)5-3-10/h2-9H,1H3,(H,27,29). The Hall–Kier alpha value is -2.72. The van der Waals surface area contributed by atoms with Crippen molar-refractivity contribution in [2.24, 2.45) is 0 Å². The molecule has 4 rings (SSSR count). The highest BCUT2D eigenvalue weighted by molar-refractivity contribution is 7.89. The second kappa shape index (κ2) is 8.32. The van der Waals surface area contributed by atoms with Crippen LogP contribution in [-0.2, 0) is 10.0 Å². The molecule has 0 aliphatic heterocycles. The van der Waals surface area contributed by atoms with Crippen molar-refractivity contribution < 1.29 is 17.6 Å². The smallest absolute Gasteiger partial charge is 0.267 e. The van der Waals surface area contributed by atoms with E-state index in [4.69, 9.17) is 34.8 Å². The summed E-state index contributed by atoms with van der Waals surface area (Å²) in [5.74, 6) is -2.14. The van der Waals surface area contributed by atoms with Gasteiger partial charge < -0.3 is 0 Å². The first kappa shape index (κ1) is 22.5. The van der Waals surface area contributed by atoms with E-state index in [0.717, 1.165) is 29.5 Å². The number of carbonyl (C=O) groups is 1. The fourth-order valence-corrected chi connectivity index (χ4v) is 4.06. The van der Waals surface area contributed by atoms with Crippen LogP contribution in [0.2, 0.25) is 15.2 Å². The van der Waals surface area contributed by atoms with Crippen LogP contribution in [0, 0.1) is 5.82 Å². The second-order valence-electron chi connectivity index (χ2n) is 6.79. The molecule has 0 saturated heterocycles. The van der Waals surface area contributed by atoms with E-state index >= 15 is 0 Å². The molecule has 0 bridgehead atoms. The van der Waals surface area contributed by atoms with Gasteiger partial charge in [-0.3, -0.25) is 4.79 Å². The first-order valence-electron chi connectivity index (χ1n) is 8.85. The molecule has 2 aromatic heterocycles. The van der Waals surface area contributed by atoms with Crippen LogP contribution in [0.5, 0.6) is 0 Å². The SMILES string of the molecule is CS(=O)(=O)NC(=O)c1cc(Cl)c(-n2nc(Cl)c3cc(-c4ccc(Cl)cc4)cnc32)cc1F. The van der Waals surface area contributed by atoms with Gasteiger partial charge in [0.25, 0.3) is 5.91 Å². The maximum absolute atomic E-state index is 14.6. The molecule has 0 aliphatic rings. The zero-order valence-electron chi connectivity index (χ0n) is 16.1. The third-order valence-corrected chi connectivity index (χ3v) is 5.83. The summed E-state index contributed by atoms with van der Waals surface area (Å²) < 4.78 is 40.1. The van der Waals surface area contributed by atoms with Crippen molar-refractivity contribution in [3.05, 3.63) is 75.2 Å². The number of sulfonamides is 1. The number of nitrogens with zero attached hydrogens (tertiary/aromatic N) is 3. The lowest BCUT2D eigenvalue weighted by molar-refractivity contribution is 0.0978. The molecular formula is C20H12Cl3FN4O3S. The molecule has 0 unspecified atom stereocenters. The van der Waals surface area contributed by atoms with E-state index in [-0.39, 0.29) is 15.9 Å². The summed E-state index contributed by atoms with van der Waals surface area (Å²) in [4.78, 5) is 16.4. The summed E-state index contributed by atoms with van der Waals surface area (Å²) in [6.07, 6.45) is 2.37. The van der Waals surface area contributed by atoms with Crippen LogP contribution in [0.25, 0.3) is 27.8 Å². The lowest BCUT2D eigenvalue weighted by atomic mass is 10.1. The number of hydrogen-bond acceptors (Lipinski definition) is 5. The Morgan fingerprint density at radius 3 is 2.41 bits per heavy atom. The van der Waals surface area contributed by atoms with Crippen molar-refractivity contribution in [1.82, 2.24) is 19.5 Å². The summed E-state index contributed by atoms with van der Waals surface area (Å²) in [6, 6.07) is 10.9. The molecule has 0 aliphatic carbocycles. The van der Waals surface area contributed by atoms with Crippen LogP contribution >= 0.6 is 34.8 Å². The van der Waals surface area contributed by atoms with Gasteiger partial charge in [0.05, 0.1) is 27.9 Å². The van der Waals surface area contributed by atoms with E-state index in [0.29, 0.717) is 16.1 Å². The van der Waals surface area contributed by atoms with Crippen LogP contribution in [-0.4, -0.2) is 35.3 Å². The predicted molar refractivity (Wildman–Crippen MR) is 122 cm³/mol. The number of pyridine rings is 1. The maximum atomic E-state index is 14.6. The number of benzene rings is 2. The molecular weight excluding hydrogens is 502 g/mol. The van der Waals surface area contributed by atoms with Crippen molar-refractivity contribution in [3.63, 3.8) is 0 Å². The number of rotatable bonds is 4. The Labute approximate surface area is 196 Å². The van der Waals surface area contributed by atoms with E-state index in [1.807, 2.05) is 12.1 Å². The molecule has 0 fully saturated rings. The summed E-state index contributed by atoms with van der Waals surface area (Å²) in [5, 5.41) is 5.34. The molecule has 0 saturated carbocycles. The number of carbonyl (C=O) groups excluding carboxylic acids is 1. The van der Waals surface area contributed by atoms with Gasteiger partial charge in [-0.2, -0.15) is 5.10 Å². The molecule has 1 N–H and O–H groups in total. The second-order valence-corrected chi connectivity index (χ2v) is 9.74. The van der Waals surface area contributed by atoms with E-state index in [2.05, 4.69) is 10.1 Å². The van der Waals surface area contributed by atoms with Gasteiger partial charge in [0.2, 0.25) is 10.0 Å². The van der Waals surface area contributed by atoms with Gasteiger partial charge in [0.15, 0.2) is 10.8 Å². The molecule has 0 radical (unpaired) electrons. The summed E-state index contributed by atoms with van der Waals surface area (Å²) in [6.45, 7) is 0. The van der Waals surface area contributed by atoms with Gasteiger partial charge in [0, 0.05) is 22.8 Å². The topological polar surface area (TPSA) is 94.0 Å². The molecule has 164 valence electrons. The molecule has 2 aromatic carbocycles. The third-order valence-electron chi connectivity index (χ3n) is 4.44. The van der Waals surface area contributed by atoms with Crippen molar-refractivity contribution in [3.8, 4) is 16.8 Å². The highest BCUT2D eigenvalue weighted by Gasteiger charge is 2.21. The minimum absolute atomic E-state index is 0.0605. The van der Waals surface area contributed by atoms with Gasteiger partial charge in [-0.25, -0.2) is 27.2 Å². The van der Waals surface area contributed by atoms with Crippen LogP contribution < -0.4 is 4.72 Å². The molecule has 12 heteroatoms. The first-order valence-corrected chi connectivity index (χ1v) is 11.9. The van der Waals surface area contributed by atoms with E-state index < -0.39 is 27.3 Å². The summed E-state index contributed by atoms with van der Waals surface area (Å²) in [5.41, 5.74) is 1.47. The van der Waals surface area contributed by atoms with Gasteiger partial charge >= 0.3 is 0 Å². The van der Waals surface area contributed by atoms with E-state index in [9.17, 15) is 17.6 Å². The lowest BCUT2D eigenvalue weighted by Gasteiger charge is -2.10. The molecule has 32 heavy (non-hydrogen) atoms. The Morgan fingerprint density at radius 2 is 1.75 bits per heavy atom. The predicted octanol–water partition coefficient (Wildman–Crippen LogP) is 4.88. The maximum Gasteiger partial charge on any atom is 0.267 e. The van der Waals surface area contributed by atoms with Crippen LogP contribution in [0.15, 0.2) is 48.7 Å². The Morgan fingerprint density at radius 1 is 1.06 bits per heavy atom. The van der Waals surface area contributed by atoms with Crippen molar-refractivity contribution in [1.29, 1.82) is 0 Å². The molecule has 2 heterocycles. The molecule has 0 spiro atoms. The Bertz CT molecular complexity index is 1490. The molecule has 4 aromatic rings. The number of halogens is 4. The van der Waals surface area contributed by atoms with Crippen LogP contribution in [0.4, 0.5) is 4.39 Å². The number of fused-ring (bicyclic) bond motifs is 1. The van der Waals surface area contributed by atoms with Gasteiger partial charge in [0.1, 0.15) is 5.82 Å². The Kier molecular flexibility index (Phi) is 5.85. The monoisotopic (exact) mass is 512 g/mol. The molecule has 1 amide bonds. The van der Waals surface area contributed by atoms with Gasteiger partial charge in [-0.1, -0.05) is 46.9 Å². The molecule has 0 atom stereocenters. The lowest BCUT2D eigenvalue weighted by Crippen LogP contribution is -2.30. The zero-order valence-corrected chi connectivity index (χ0v) is 19.2. The average Bonchev–Trinajstić information content (AvgIpc) is 3.04. The zero-order chi connectivity index (χ0) is 23.2. The Balaban J connectivity index is 1.79. The van der Waals surface area contributed by atoms with Gasteiger partial charge in [-0.05, 0) is 29.8 Å². The number of amides is 1. The average molecular weight is 514 g/mol. The van der Waals surface area contributed by atoms with Crippen molar-refractivity contribution in [2.75, 3.05) is 6.26 Å². The highest BCUT2D eigenvalue weighted by atomic mass is 35.5. The molecule has 7 nitrogen and oxygen atoms in total. The number of nitrogens with one attached hydrogen (secondary N) is 1. The van der Waals surface area contributed by atoms with Crippen LogP contribution in [0.3, 0.4) is 0 Å². The highest BCUT2D eigenvalue weighted by Crippen LogP contribution is 2.32. The quantitative estimate of drug-likeness (QED) is 0.420. The normalized spacial score (nSPS) is 11.7. The first-order chi connectivity index (χ1) is 15.0. The van der Waals surface area contributed by atoms with Gasteiger partial charge in [-0.15, -0.1) is 0 Å². The number of aromatic nitrogens is 3. The minimum Gasteiger partial charge on any atom is -0.268 e. The fraction of sp³-hybridized carbons (Fsp3) is 0.0500. The number of hydrogen-bond donors (Lipinski definition) is 1. The van der Waals surface area contributed by atoms with Crippen LogP contribution in [0.1, 0.15) is 10.4 Å². The van der Waals surface area contributed by atoms with Crippen molar-refractivity contribution in [2.45, 2.75) is 0 Å². The van der Waals surface area contributed by atoms with E-state index in [1.165, 1.54) is 4.68 Å². The summed E-state index contributed by atoms with van der Waals surface area (Å²) >= 11 is 18.5. The third kappa shape index (κ3) is 4.42. The minimum atomic E-state index is -3.88. The fourth-order valence-electron chi connectivity index (χ4n) is 3.03. The van der Waals surface area contributed by atoms with Crippen molar-refractivity contribution >= 4 is 61.8 Å². The summed E-state index contributed by atoms with van der Waals surface area (Å²) in [7, 11) is -3.88. The van der Waals surface area contributed by atoms with E-state index in [1.54, 1.807) is 29.1 Å². The largest absolute Gasteiger partial charge is 0.268 e.